The van der Waals surface area contributed by atoms with E-state index in [9.17, 15) is 4.79 Å². The maximum atomic E-state index is 11.6. The number of thioether (sulfide) groups is 1. The van der Waals surface area contributed by atoms with Crippen LogP contribution in [-0.2, 0) is 17.8 Å². The molecule has 0 atom stereocenters. The summed E-state index contributed by atoms with van der Waals surface area (Å²) in [5, 5.41) is 3.37. The average molecular weight is 329 g/mol. The number of halogens is 1. The van der Waals surface area contributed by atoms with Crippen LogP contribution in [0.2, 0.25) is 0 Å². The molecule has 0 aliphatic carbocycles. The molecule has 2 aliphatic heterocycles. The lowest BCUT2D eigenvalue weighted by Crippen LogP contribution is -2.44. The molecular weight excluding hydrogens is 308 g/mol. The van der Waals surface area contributed by atoms with Gasteiger partial charge in [-0.05, 0) is 24.3 Å². The van der Waals surface area contributed by atoms with E-state index >= 15 is 0 Å². The number of piperazine rings is 1. The standard InChI is InChI=1S/C15H20N2O2S.ClH/c1-20-14-11(4-7-17-8-5-16-6-9-17)2-3-12-13(14)10-19-15(12)18;/h2-3,16H,4-10H2,1H3;1H. The number of carbonyl (C=O) groups is 1. The van der Waals surface area contributed by atoms with Crippen LogP contribution in [0.3, 0.4) is 0 Å². The Labute approximate surface area is 136 Å². The van der Waals surface area contributed by atoms with Crippen molar-refractivity contribution < 1.29 is 9.53 Å². The van der Waals surface area contributed by atoms with E-state index in [-0.39, 0.29) is 18.4 Å². The highest BCUT2D eigenvalue weighted by molar-refractivity contribution is 7.98. The van der Waals surface area contributed by atoms with Crippen LogP contribution in [0.4, 0.5) is 0 Å². The first-order valence-electron chi connectivity index (χ1n) is 7.08. The number of fused-ring (bicyclic) bond motifs is 1. The van der Waals surface area contributed by atoms with Crippen LogP contribution in [0.5, 0.6) is 0 Å². The molecule has 3 rings (SSSR count). The van der Waals surface area contributed by atoms with E-state index in [0.29, 0.717) is 6.61 Å². The van der Waals surface area contributed by atoms with Crippen molar-refractivity contribution in [3.63, 3.8) is 0 Å². The maximum Gasteiger partial charge on any atom is 0.338 e. The topological polar surface area (TPSA) is 41.6 Å². The molecule has 6 heteroatoms. The third kappa shape index (κ3) is 3.54. The van der Waals surface area contributed by atoms with Crippen LogP contribution in [0.15, 0.2) is 17.0 Å². The first-order valence-corrected chi connectivity index (χ1v) is 8.31. The van der Waals surface area contributed by atoms with Gasteiger partial charge in [0.1, 0.15) is 6.61 Å². The zero-order chi connectivity index (χ0) is 13.9. The maximum absolute atomic E-state index is 11.6. The Hall–Kier alpha value is -0.750. The van der Waals surface area contributed by atoms with Gasteiger partial charge in [-0.15, -0.1) is 24.2 Å². The van der Waals surface area contributed by atoms with Crippen molar-refractivity contribution in [1.29, 1.82) is 0 Å². The SMILES string of the molecule is CSc1c(CCN2CCNCC2)ccc2c1COC2=O.Cl. The lowest BCUT2D eigenvalue weighted by atomic mass is 10.0. The molecule has 0 radical (unpaired) electrons. The van der Waals surface area contributed by atoms with E-state index in [2.05, 4.69) is 22.5 Å². The second-order valence-electron chi connectivity index (χ2n) is 5.20. The van der Waals surface area contributed by atoms with Gasteiger partial charge in [-0.2, -0.15) is 0 Å². The summed E-state index contributed by atoms with van der Waals surface area (Å²) in [6.07, 6.45) is 3.12. The largest absolute Gasteiger partial charge is 0.457 e. The zero-order valence-electron chi connectivity index (χ0n) is 12.2. The second kappa shape index (κ2) is 7.49. The number of benzene rings is 1. The smallest absolute Gasteiger partial charge is 0.338 e. The van der Waals surface area contributed by atoms with Crippen molar-refractivity contribution in [2.45, 2.75) is 17.9 Å². The van der Waals surface area contributed by atoms with E-state index in [0.717, 1.165) is 50.3 Å². The van der Waals surface area contributed by atoms with Crippen LogP contribution in [0.1, 0.15) is 21.5 Å². The summed E-state index contributed by atoms with van der Waals surface area (Å²) < 4.78 is 5.14. The van der Waals surface area contributed by atoms with E-state index < -0.39 is 0 Å². The van der Waals surface area contributed by atoms with Gasteiger partial charge in [0.2, 0.25) is 0 Å². The fourth-order valence-electron chi connectivity index (χ4n) is 2.89. The molecule has 1 saturated heterocycles. The van der Waals surface area contributed by atoms with E-state index in [1.54, 1.807) is 11.8 Å². The number of nitrogens with zero attached hydrogens (tertiary/aromatic N) is 1. The Kier molecular flexibility index (Phi) is 5.93. The predicted molar refractivity (Wildman–Crippen MR) is 87.6 cm³/mol. The van der Waals surface area contributed by atoms with E-state index in [4.69, 9.17) is 4.74 Å². The van der Waals surface area contributed by atoms with Crippen molar-refractivity contribution in [1.82, 2.24) is 10.2 Å². The Morgan fingerprint density at radius 3 is 2.81 bits per heavy atom. The third-order valence-corrected chi connectivity index (χ3v) is 4.94. The molecule has 0 amide bonds. The molecule has 4 nitrogen and oxygen atoms in total. The van der Waals surface area contributed by atoms with Crippen LogP contribution in [0, 0.1) is 0 Å². The van der Waals surface area contributed by atoms with Gasteiger partial charge in [0.15, 0.2) is 0 Å². The lowest BCUT2D eigenvalue weighted by Gasteiger charge is -2.27. The summed E-state index contributed by atoms with van der Waals surface area (Å²) in [6.45, 7) is 5.95. The Bertz CT molecular complexity index is 519. The van der Waals surface area contributed by atoms with Gasteiger partial charge in [0.25, 0.3) is 0 Å². The van der Waals surface area contributed by atoms with E-state index in [1.165, 1.54) is 10.5 Å². The molecule has 21 heavy (non-hydrogen) atoms. The van der Waals surface area contributed by atoms with Crippen LogP contribution in [0.25, 0.3) is 0 Å². The molecule has 0 aromatic heterocycles. The van der Waals surface area contributed by atoms with Crippen molar-refractivity contribution in [2.75, 3.05) is 39.0 Å². The molecule has 0 spiro atoms. The number of rotatable bonds is 4. The van der Waals surface area contributed by atoms with Crippen molar-refractivity contribution in [2.24, 2.45) is 0 Å². The molecule has 0 unspecified atom stereocenters. The first kappa shape index (κ1) is 16.6. The molecule has 2 heterocycles. The van der Waals surface area contributed by atoms with Gasteiger partial charge < -0.3 is 15.0 Å². The Morgan fingerprint density at radius 1 is 1.33 bits per heavy atom. The number of hydrogen-bond donors (Lipinski definition) is 1. The van der Waals surface area contributed by atoms with Gasteiger partial charge in [-0.1, -0.05) is 6.07 Å². The Morgan fingerprint density at radius 2 is 2.10 bits per heavy atom. The number of nitrogens with one attached hydrogen (secondary N) is 1. The van der Waals surface area contributed by atoms with Crippen LogP contribution >= 0.6 is 24.2 Å². The summed E-state index contributed by atoms with van der Waals surface area (Å²) in [5.41, 5.74) is 3.17. The minimum absolute atomic E-state index is 0. The number of esters is 1. The lowest BCUT2D eigenvalue weighted by molar-refractivity contribution is 0.0534. The summed E-state index contributed by atoms with van der Waals surface area (Å²) >= 11 is 1.73. The number of cyclic esters (lactones) is 1. The quantitative estimate of drug-likeness (QED) is 0.676. The van der Waals surface area contributed by atoms with Crippen LogP contribution in [-0.4, -0.2) is 49.8 Å². The minimum Gasteiger partial charge on any atom is -0.457 e. The molecule has 0 bridgehead atoms. The summed E-state index contributed by atoms with van der Waals surface area (Å²) in [6, 6.07) is 4.02. The highest BCUT2D eigenvalue weighted by Gasteiger charge is 2.25. The molecule has 1 aromatic carbocycles. The summed E-state index contributed by atoms with van der Waals surface area (Å²) in [4.78, 5) is 15.3. The van der Waals surface area contributed by atoms with Gasteiger partial charge in [0, 0.05) is 43.2 Å². The van der Waals surface area contributed by atoms with Gasteiger partial charge >= 0.3 is 5.97 Å². The zero-order valence-corrected chi connectivity index (χ0v) is 13.8. The number of carbonyl (C=O) groups excluding carboxylic acids is 1. The fourth-order valence-corrected chi connectivity index (χ4v) is 3.74. The summed E-state index contributed by atoms with van der Waals surface area (Å²) in [7, 11) is 0. The molecule has 1 N–H and O–H groups in total. The molecule has 2 aliphatic rings. The Balaban J connectivity index is 0.00000161. The third-order valence-electron chi connectivity index (χ3n) is 4.02. The van der Waals surface area contributed by atoms with Gasteiger partial charge in [0.05, 0.1) is 5.56 Å². The molecule has 0 saturated carbocycles. The van der Waals surface area contributed by atoms with Gasteiger partial charge in [-0.3, -0.25) is 0 Å². The highest BCUT2D eigenvalue weighted by Crippen LogP contribution is 2.33. The fraction of sp³-hybridized carbons (Fsp3) is 0.533. The van der Waals surface area contributed by atoms with Crippen molar-refractivity contribution in [3.05, 3.63) is 28.8 Å². The second-order valence-corrected chi connectivity index (χ2v) is 6.02. The summed E-state index contributed by atoms with van der Waals surface area (Å²) in [5.74, 6) is -0.177. The first-order chi connectivity index (χ1) is 9.79. The highest BCUT2D eigenvalue weighted by atomic mass is 35.5. The minimum atomic E-state index is -0.177. The monoisotopic (exact) mass is 328 g/mol. The van der Waals surface area contributed by atoms with E-state index in [1.807, 2.05) is 6.07 Å². The predicted octanol–water partition coefficient (Wildman–Crippen LogP) is 1.95. The van der Waals surface area contributed by atoms with Crippen LogP contribution < -0.4 is 5.32 Å². The number of ether oxygens (including phenoxy) is 1. The molecule has 1 aromatic rings. The molecule has 116 valence electrons. The average Bonchev–Trinajstić information content (AvgIpc) is 2.87. The van der Waals surface area contributed by atoms with Gasteiger partial charge in [-0.25, -0.2) is 4.79 Å². The molecular formula is C15H21ClN2O2S. The number of hydrogen-bond acceptors (Lipinski definition) is 5. The van der Waals surface area contributed by atoms with Crippen molar-refractivity contribution in [3.8, 4) is 0 Å². The molecule has 1 fully saturated rings. The van der Waals surface area contributed by atoms with Crippen molar-refractivity contribution >= 4 is 30.1 Å². The normalized spacial score (nSPS) is 18.0.